The van der Waals surface area contributed by atoms with Crippen molar-refractivity contribution in [2.45, 2.75) is 38.6 Å². The first kappa shape index (κ1) is 17.2. The van der Waals surface area contributed by atoms with Crippen molar-refractivity contribution in [2.24, 2.45) is 17.8 Å². The maximum absolute atomic E-state index is 12.3. The van der Waals surface area contributed by atoms with Gasteiger partial charge >= 0.3 is 0 Å². The van der Waals surface area contributed by atoms with Crippen molar-refractivity contribution in [2.75, 3.05) is 0 Å². The number of hydrogen-bond acceptors (Lipinski definition) is 2. The van der Waals surface area contributed by atoms with Crippen molar-refractivity contribution in [3.8, 4) is 0 Å². The maximum Gasteiger partial charge on any atom is 0.258 e. The lowest BCUT2D eigenvalue weighted by atomic mass is 9.84. The van der Waals surface area contributed by atoms with E-state index in [0.29, 0.717) is 21.6 Å². The van der Waals surface area contributed by atoms with Crippen LogP contribution in [0.5, 0.6) is 0 Å². The van der Waals surface area contributed by atoms with Gasteiger partial charge in [-0.25, -0.2) is 0 Å². The van der Waals surface area contributed by atoms with E-state index in [0.717, 1.165) is 16.3 Å². The Kier molecular flexibility index (Phi) is 5.29. The van der Waals surface area contributed by atoms with E-state index in [1.165, 1.54) is 25.7 Å². The van der Waals surface area contributed by atoms with Crippen molar-refractivity contribution in [1.82, 2.24) is 10.6 Å². The molecular weight excluding hydrogens is 396 g/mol. The molecule has 0 saturated heterocycles. The Morgan fingerprint density at radius 1 is 1.39 bits per heavy atom. The minimum absolute atomic E-state index is 0.283. The Hall–Kier alpha value is -0.650. The number of thiocarbonyl (C=S) groups is 1. The molecule has 0 radical (unpaired) electrons. The summed E-state index contributed by atoms with van der Waals surface area (Å²) in [5.74, 6) is 2.10. The number of rotatable bonds is 3. The van der Waals surface area contributed by atoms with Gasteiger partial charge in [0, 0.05) is 10.5 Å². The standard InChI is InChI=1S/C17H20BrClN2OS/c1-9(13-7-10-2-3-11(13)6-10)20-17(23)21-16(22)14-8-12(18)4-5-15(14)19/h4-5,8-11,13H,2-3,6-7H2,1H3,(H2,20,21,22,23)/t9-,10+,11+,13+/m1/s1. The quantitative estimate of drug-likeness (QED) is 0.713. The molecule has 2 aliphatic rings. The topological polar surface area (TPSA) is 41.1 Å². The number of benzene rings is 1. The highest BCUT2D eigenvalue weighted by molar-refractivity contribution is 9.10. The Morgan fingerprint density at radius 2 is 2.17 bits per heavy atom. The van der Waals surface area contributed by atoms with Gasteiger partial charge < -0.3 is 5.32 Å². The highest BCUT2D eigenvalue weighted by atomic mass is 79.9. The summed E-state index contributed by atoms with van der Waals surface area (Å²) in [6.45, 7) is 2.16. The fourth-order valence-electron chi connectivity index (χ4n) is 4.10. The van der Waals surface area contributed by atoms with E-state index in [4.69, 9.17) is 23.8 Å². The Bertz CT molecular complexity index is 639. The molecule has 2 aliphatic carbocycles. The van der Waals surface area contributed by atoms with Crippen LogP contribution in [0.2, 0.25) is 5.02 Å². The Labute approximate surface area is 155 Å². The second-order valence-electron chi connectivity index (χ2n) is 6.68. The number of amides is 1. The first-order valence-electron chi connectivity index (χ1n) is 8.01. The van der Waals surface area contributed by atoms with Crippen LogP contribution in [-0.2, 0) is 0 Å². The van der Waals surface area contributed by atoms with Gasteiger partial charge in [0.1, 0.15) is 0 Å². The van der Waals surface area contributed by atoms with Gasteiger partial charge in [0.15, 0.2) is 5.11 Å². The summed E-state index contributed by atoms with van der Waals surface area (Å²) >= 11 is 14.7. The fourth-order valence-corrected chi connectivity index (χ4v) is 4.94. The number of carbonyl (C=O) groups is 1. The van der Waals surface area contributed by atoms with Crippen LogP contribution in [0.15, 0.2) is 22.7 Å². The van der Waals surface area contributed by atoms with Gasteiger partial charge in [0.05, 0.1) is 10.6 Å². The zero-order chi connectivity index (χ0) is 16.6. The summed E-state index contributed by atoms with van der Waals surface area (Å²) in [6, 6.07) is 5.47. The first-order valence-corrected chi connectivity index (χ1v) is 9.59. The summed E-state index contributed by atoms with van der Waals surface area (Å²) in [5, 5.41) is 6.81. The number of nitrogens with one attached hydrogen (secondary N) is 2. The number of carbonyl (C=O) groups excluding carboxylic acids is 1. The molecule has 124 valence electrons. The van der Waals surface area contributed by atoms with Crippen LogP contribution in [0.1, 0.15) is 43.0 Å². The second-order valence-corrected chi connectivity index (χ2v) is 8.41. The third-order valence-electron chi connectivity index (χ3n) is 5.19. The van der Waals surface area contributed by atoms with Gasteiger partial charge in [0.25, 0.3) is 5.91 Å². The van der Waals surface area contributed by atoms with E-state index < -0.39 is 0 Å². The SMILES string of the molecule is C[C@@H](NC(=S)NC(=O)c1cc(Br)ccc1Cl)[C@@H]1C[C@H]2CC[C@H]1C2. The number of fused-ring (bicyclic) bond motifs is 2. The van der Waals surface area contributed by atoms with Crippen molar-refractivity contribution < 1.29 is 4.79 Å². The van der Waals surface area contributed by atoms with Gasteiger partial charge in [0.2, 0.25) is 0 Å². The van der Waals surface area contributed by atoms with E-state index in [9.17, 15) is 4.79 Å². The summed E-state index contributed by atoms with van der Waals surface area (Å²) in [6.07, 6.45) is 5.38. The molecule has 0 unspecified atom stereocenters. The Morgan fingerprint density at radius 3 is 2.83 bits per heavy atom. The van der Waals surface area contributed by atoms with Gasteiger partial charge in [-0.3, -0.25) is 10.1 Å². The van der Waals surface area contributed by atoms with E-state index in [2.05, 4.69) is 33.5 Å². The fraction of sp³-hybridized carbons (Fsp3) is 0.529. The van der Waals surface area contributed by atoms with Crippen LogP contribution in [0, 0.1) is 17.8 Å². The lowest BCUT2D eigenvalue weighted by molar-refractivity contribution is 0.0976. The van der Waals surface area contributed by atoms with Crippen LogP contribution in [0.4, 0.5) is 0 Å². The smallest absolute Gasteiger partial charge is 0.258 e. The third-order valence-corrected chi connectivity index (χ3v) is 6.24. The molecule has 4 atom stereocenters. The average molecular weight is 416 g/mol. The molecule has 23 heavy (non-hydrogen) atoms. The molecular formula is C17H20BrClN2OS. The molecule has 3 nitrogen and oxygen atoms in total. The van der Waals surface area contributed by atoms with Crippen molar-refractivity contribution in [1.29, 1.82) is 0 Å². The molecule has 0 aliphatic heterocycles. The van der Waals surface area contributed by atoms with Crippen LogP contribution >= 0.6 is 39.7 Å². The van der Waals surface area contributed by atoms with Gasteiger partial charge in [-0.1, -0.05) is 34.0 Å². The molecule has 0 aromatic heterocycles. The second kappa shape index (κ2) is 7.08. The zero-order valence-electron chi connectivity index (χ0n) is 12.9. The largest absolute Gasteiger partial charge is 0.360 e. The van der Waals surface area contributed by atoms with Crippen LogP contribution in [0.25, 0.3) is 0 Å². The minimum Gasteiger partial charge on any atom is -0.360 e. The van der Waals surface area contributed by atoms with Crippen molar-refractivity contribution in [3.63, 3.8) is 0 Å². The lowest BCUT2D eigenvalue weighted by Gasteiger charge is -2.29. The molecule has 0 spiro atoms. The predicted molar refractivity (Wildman–Crippen MR) is 101 cm³/mol. The van der Waals surface area contributed by atoms with Gasteiger partial charge in [-0.2, -0.15) is 0 Å². The van der Waals surface area contributed by atoms with E-state index in [-0.39, 0.29) is 11.9 Å². The molecule has 2 fully saturated rings. The zero-order valence-corrected chi connectivity index (χ0v) is 16.1. The molecule has 2 N–H and O–H groups in total. The average Bonchev–Trinajstić information content (AvgIpc) is 3.12. The van der Waals surface area contributed by atoms with Crippen LogP contribution < -0.4 is 10.6 Å². The number of halogens is 2. The predicted octanol–water partition coefficient (Wildman–Crippen LogP) is 4.53. The van der Waals surface area contributed by atoms with Gasteiger partial charge in [-0.05, 0) is 74.4 Å². The summed E-state index contributed by atoms with van der Waals surface area (Å²) in [4.78, 5) is 12.3. The Balaban J connectivity index is 1.56. The maximum atomic E-state index is 12.3. The lowest BCUT2D eigenvalue weighted by Crippen LogP contribution is -2.46. The molecule has 2 saturated carbocycles. The monoisotopic (exact) mass is 414 g/mol. The molecule has 1 aromatic carbocycles. The number of hydrogen-bond donors (Lipinski definition) is 2. The van der Waals surface area contributed by atoms with Crippen LogP contribution in [-0.4, -0.2) is 17.1 Å². The minimum atomic E-state index is -0.283. The molecule has 2 bridgehead atoms. The van der Waals surface area contributed by atoms with Crippen LogP contribution in [0.3, 0.4) is 0 Å². The third kappa shape index (κ3) is 3.89. The molecule has 0 heterocycles. The normalized spacial score (nSPS) is 26.8. The highest BCUT2D eigenvalue weighted by Gasteiger charge is 2.41. The molecule has 3 rings (SSSR count). The van der Waals surface area contributed by atoms with E-state index in [1.807, 2.05) is 0 Å². The molecule has 6 heteroatoms. The molecule has 1 amide bonds. The van der Waals surface area contributed by atoms with Crippen molar-refractivity contribution in [3.05, 3.63) is 33.3 Å². The first-order chi connectivity index (χ1) is 10.9. The summed E-state index contributed by atoms with van der Waals surface area (Å²) in [5.41, 5.74) is 0.415. The molecule has 1 aromatic rings. The van der Waals surface area contributed by atoms with Gasteiger partial charge in [-0.15, -0.1) is 0 Å². The summed E-state index contributed by atoms with van der Waals surface area (Å²) in [7, 11) is 0. The summed E-state index contributed by atoms with van der Waals surface area (Å²) < 4.78 is 0.807. The van der Waals surface area contributed by atoms with Crippen molar-refractivity contribution >= 4 is 50.8 Å². The van der Waals surface area contributed by atoms with E-state index in [1.54, 1.807) is 18.2 Å². The van der Waals surface area contributed by atoms with E-state index >= 15 is 0 Å². The highest BCUT2D eigenvalue weighted by Crippen LogP contribution is 2.49.